The van der Waals surface area contributed by atoms with Crippen LogP contribution in [0.5, 0.6) is 0 Å². The Morgan fingerprint density at radius 3 is 2.71 bits per heavy atom. The second-order valence-corrected chi connectivity index (χ2v) is 6.65. The van der Waals surface area contributed by atoms with Crippen molar-refractivity contribution < 1.29 is 4.79 Å². The molecule has 0 aromatic heterocycles. The van der Waals surface area contributed by atoms with Crippen molar-refractivity contribution in [1.82, 2.24) is 4.90 Å². The first-order chi connectivity index (χ1) is 10.1. The third-order valence-electron chi connectivity index (χ3n) is 4.74. The number of fused-ring (bicyclic) bond motifs is 1. The number of benzene rings is 1. The maximum Gasteiger partial charge on any atom is 0.225 e. The number of nitrogen functional groups attached to an aromatic ring is 1. The van der Waals surface area contributed by atoms with Gasteiger partial charge in [-0.25, -0.2) is 0 Å². The fourth-order valence-electron chi connectivity index (χ4n) is 3.62. The molecule has 1 aliphatic heterocycles. The largest absolute Gasteiger partial charge is 0.397 e. The monoisotopic (exact) mass is 307 g/mol. The number of likely N-dealkylation sites (tertiary alicyclic amines) is 1. The molecule has 1 aliphatic carbocycles. The summed E-state index contributed by atoms with van der Waals surface area (Å²) < 4.78 is 0. The molecule has 3 rings (SSSR count). The van der Waals surface area contributed by atoms with E-state index >= 15 is 0 Å². The smallest absolute Gasteiger partial charge is 0.225 e. The molecule has 0 radical (unpaired) electrons. The topological polar surface area (TPSA) is 58.4 Å². The molecule has 1 aromatic carbocycles. The number of carbonyl (C=O) groups is 1. The standard InChI is InChI=1S/C16H22ClN3O/c17-14-5-4-13(8-15(14)18)19-16(21)6-7-20-9-11-2-1-3-12(11)10-20/h4-5,8,11-12H,1-3,6-7,9-10,18H2,(H,19,21). The average molecular weight is 308 g/mol. The van der Waals surface area contributed by atoms with Crippen LogP contribution in [0.4, 0.5) is 11.4 Å². The van der Waals surface area contributed by atoms with E-state index in [1.807, 2.05) is 0 Å². The summed E-state index contributed by atoms with van der Waals surface area (Å²) in [5, 5.41) is 3.39. The number of rotatable bonds is 4. The predicted molar refractivity (Wildman–Crippen MR) is 86.4 cm³/mol. The zero-order chi connectivity index (χ0) is 14.8. The van der Waals surface area contributed by atoms with Gasteiger partial charge in [0.25, 0.3) is 0 Å². The number of hydrogen-bond acceptors (Lipinski definition) is 3. The number of nitrogens with one attached hydrogen (secondary N) is 1. The van der Waals surface area contributed by atoms with Gasteiger partial charge in [-0.1, -0.05) is 18.0 Å². The van der Waals surface area contributed by atoms with Crippen molar-refractivity contribution >= 4 is 28.9 Å². The van der Waals surface area contributed by atoms with Crippen LogP contribution < -0.4 is 11.1 Å². The molecule has 5 heteroatoms. The van der Waals surface area contributed by atoms with E-state index in [9.17, 15) is 4.79 Å². The summed E-state index contributed by atoms with van der Waals surface area (Å²) in [5.74, 6) is 1.79. The van der Waals surface area contributed by atoms with Crippen molar-refractivity contribution in [3.05, 3.63) is 23.2 Å². The van der Waals surface area contributed by atoms with Gasteiger partial charge in [-0.3, -0.25) is 4.79 Å². The Morgan fingerprint density at radius 2 is 2.05 bits per heavy atom. The predicted octanol–water partition coefficient (Wildman–Crippen LogP) is 2.98. The van der Waals surface area contributed by atoms with Gasteiger partial charge in [0.2, 0.25) is 5.91 Å². The van der Waals surface area contributed by atoms with Crippen molar-refractivity contribution in [2.75, 3.05) is 30.7 Å². The van der Waals surface area contributed by atoms with Crippen LogP contribution in [0.1, 0.15) is 25.7 Å². The van der Waals surface area contributed by atoms with Crippen LogP contribution in [0.15, 0.2) is 18.2 Å². The van der Waals surface area contributed by atoms with Crippen molar-refractivity contribution in [3.63, 3.8) is 0 Å². The van der Waals surface area contributed by atoms with Gasteiger partial charge in [0, 0.05) is 31.7 Å². The normalized spacial score (nSPS) is 25.0. The molecule has 0 bridgehead atoms. The number of halogens is 1. The van der Waals surface area contributed by atoms with Crippen LogP contribution >= 0.6 is 11.6 Å². The lowest BCUT2D eigenvalue weighted by molar-refractivity contribution is -0.116. The van der Waals surface area contributed by atoms with Crippen LogP contribution in [-0.4, -0.2) is 30.4 Å². The molecule has 21 heavy (non-hydrogen) atoms. The van der Waals surface area contributed by atoms with Crippen LogP contribution in [-0.2, 0) is 4.79 Å². The van der Waals surface area contributed by atoms with Gasteiger partial charge >= 0.3 is 0 Å². The van der Waals surface area contributed by atoms with E-state index in [0.29, 0.717) is 22.8 Å². The lowest BCUT2D eigenvalue weighted by Gasteiger charge is -2.16. The van der Waals surface area contributed by atoms with E-state index in [-0.39, 0.29) is 5.91 Å². The zero-order valence-electron chi connectivity index (χ0n) is 12.1. The van der Waals surface area contributed by atoms with Gasteiger partial charge < -0.3 is 16.0 Å². The Morgan fingerprint density at radius 1 is 1.33 bits per heavy atom. The first-order valence-corrected chi connectivity index (χ1v) is 8.07. The van der Waals surface area contributed by atoms with Crippen molar-refractivity contribution in [2.45, 2.75) is 25.7 Å². The molecule has 0 spiro atoms. The molecule has 1 saturated heterocycles. The fraction of sp³-hybridized carbons (Fsp3) is 0.562. The Labute approximate surface area is 130 Å². The molecular formula is C16H22ClN3O. The van der Waals surface area contributed by atoms with Gasteiger partial charge in [-0.2, -0.15) is 0 Å². The first kappa shape index (κ1) is 14.7. The van der Waals surface area contributed by atoms with Gasteiger partial charge in [0.15, 0.2) is 0 Å². The quantitative estimate of drug-likeness (QED) is 0.841. The summed E-state index contributed by atoms with van der Waals surface area (Å²) in [4.78, 5) is 14.4. The molecular weight excluding hydrogens is 286 g/mol. The SMILES string of the molecule is Nc1cc(NC(=O)CCN2CC3CCCC3C2)ccc1Cl. The summed E-state index contributed by atoms with van der Waals surface area (Å²) in [6.07, 6.45) is 4.67. The maximum absolute atomic E-state index is 12.0. The Balaban J connectivity index is 1.45. The third-order valence-corrected chi connectivity index (χ3v) is 5.08. The highest BCUT2D eigenvalue weighted by Crippen LogP contribution is 2.37. The second kappa shape index (κ2) is 6.24. The molecule has 2 aliphatic rings. The van der Waals surface area contributed by atoms with E-state index in [0.717, 1.165) is 18.4 Å². The van der Waals surface area contributed by atoms with Gasteiger partial charge in [-0.05, 0) is 42.9 Å². The first-order valence-electron chi connectivity index (χ1n) is 7.69. The number of carbonyl (C=O) groups excluding carboxylic acids is 1. The van der Waals surface area contributed by atoms with Gasteiger partial charge in [-0.15, -0.1) is 0 Å². The average Bonchev–Trinajstić information content (AvgIpc) is 3.01. The van der Waals surface area contributed by atoms with E-state index in [2.05, 4.69) is 10.2 Å². The lowest BCUT2D eigenvalue weighted by atomic mass is 10.0. The summed E-state index contributed by atoms with van der Waals surface area (Å²) in [5.41, 5.74) is 6.93. The molecule has 1 heterocycles. The third kappa shape index (κ3) is 3.50. The second-order valence-electron chi connectivity index (χ2n) is 6.25. The molecule has 114 valence electrons. The highest BCUT2D eigenvalue weighted by Gasteiger charge is 2.35. The molecule has 4 nitrogen and oxygen atoms in total. The van der Waals surface area contributed by atoms with Crippen molar-refractivity contribution in [3.8, 4) is 0 Å². The minimum atomic E-state index is 0.0359. The van der Waals surface area contributed by atoms with Gasteiger partial charge in [0.1, 0.15) is 0 Å². The Bertz CT molecular complexity index is 522. The molecule has 2 atom stereocenters. The molecule has 3 N–H and O–H groups in total. The highest BCUT2D eigenvalue weighted by atomic mass is 35.5. The Hall–Kier alpha value is -1.26. The summed E-state index contributed by atoms with van der Waals surface area (Å²) >= 11 is 5.87. The zero-order valence-corrected chi connectivity index (χ0v) is 12.9. The van der Waals surface area contributed by atoms with Crippen LogP contribution in [0.25, 0.3) is 0 Å². The maximum atomic E-state index is 12.0. The lowest BCUT2D eigenvalue weighted by Crippen LogP contribution is -2.26. The number of nitrogens with zero attached hydrogens (tertiary/aromatic N) is 1. The minimum absolute atomic E-state index is 0.0359. The Kier molecular flexibility index (Phi) is 4.36. The number of hydrogen-bond donors (Lipinski definition) is 2. The number of anilines is 2. The van der Waals surface area contributed by atoms with E-state index in [4.69, 9.17) is 17.3 Å². The van der Waals surface area contributed by atoms with Crippen molar-refractivity contribution in [1.29, 1.82) is 0 Å². The van der Waals surface area contributed by atoms with E-state index in [1.165, 1.54) is 32.4 Å². The van der Waals surface area contributed by atoms with Crippen LogP contribution in [0.2, 0.25) is 5.02 Å². The molecule has 1 aromatic rings. The molecule has 1 amide bonds. The van der Waals surface area contributed by atoms with Crippen LogP contribution in [0, 0.1) is 11.8 Å². The van der Waals surface area contributed by atoms with Crippen molar-refractivity contribution in [2.24, 2.45) is 11.8 Å². The van der Waals surface area contributed by atoms with E-state index in [1.54, 1.807) is 18.2 Å². The van der Waals surface area contributed by atoms with Gasteiger partial charge in [0.05, 0.1) is 10.7 Å². The van der Waals surface area contributed by atoms with E-state index < -0.39 is 0 Å². The summed E-state index contributed by atoms with van der Waals surface area (Å²) in [6, 6.07) is 5.17. The highest BCUT2D eigenvalue weighted by molar-refractivity contribution is 6.33. The summed E-state index contributed by atoms with van der Waals surface area (Å²) in [6.45, 7) is 3.19. The molecule has 2 unspecified atom stereocenters. The van der Waals surface area contributed by atoms with Crippen LogP contribution in [0.3, 0.4) is 0 Å². The number of amides is 1. The molecule has 2 fully saturated rings. The fourth-order valence-corrected chi connectivity index (χ4v) is 3.74. The minimum Gasteiger partial charge on any atom is -0.397 e. The number of nitrogens with two attached hydrogens (primary N) is 1. The summed E-state index contributed by atoms with van der Waals surface area (Å²) in [7, 11) is 0. The molecule has 1 saturated carbocycles.